The molecule has 184 valence electrons. The first kappa shape index (κ1) is 22.3. The predicted octanol–water partition coefficient (Wildman–Crippen LogP) is 3.84. The maximum atomic E-state index is 15.2. The van der Waals surface area contributed by atoms with Crippen LogP contribution < -0.4 is 15.2 Å². The van der Waals surface area contributed by atoms with Crippen molar-refractivity contribution in [2.75, 3.05) is 18.3 Å². The van der Waals surface area contributed by atoms with Gasteiger partial charge in [-0.3, -0.25) is 19.3 Å². The Morgan fingerprint density at radius 2 is 1.81 bits per heavy atom. The molecule has 3 heterocycles. The second-order valence-corrected chi connectivity index (χ2v) is 9.30. The molecule has 3 aromatic rings. The van der Waals surface area contributed by atoms with Gasteiger partial charge in [0.15, 0.2) is 23.0 Å². The van der Waals surface area contributed by atoms with Gasteiger partial charge < -0.3 is 14.7 Å². The van der Waals surface area contributed by atoms with Crippen LogP contribution in [0.15, 0.2) is 71.7 Å². The molecule has 9 heteroatoms. The molecule has 2 aliphatic heterocycles. The topological polar surface area (TPSA) is 75.0 Å². The molecule has 36 heavy (non-hydrogen) atoms. The van der Waals surface area contributed by atoms with Crippen LogP contribution in [-0.2, 0) is 0 Å². The number of ether oxygens (including phenoxy) is 1. The fraction of sp³-hybridized carbons (Fsp3) is 0.259. The largest absolute Gasteiger partial charge is 0.502 e. The van der Waals surface area contributed by atoms with Crippen molar-refractivity contribution in [2.24, 2.45) is 0 Å². The first-order valence-corrected chi connectivity index (χ1v) is 11.8. The minimum Gasteiger partial charge on any atom is -0.502 e. The number of fused-ring (bicyclic) bond motifs is 6. The highest BCUT2D eigenvalue weighted by Gasteiger charge is 2.49. The minimum atomic E-state index is -1.10. The summed E-state index contributed by atoms with van der Waals surface area (Å²) in [6.45, 7) is 0.0607. The van der Waals surface area contributed by atoms with Crippen LogP contribution in [-0.4, -0.2) is 39.4 Å². The molecule has 3 aliphatic rings. The summed E-state index contributed by atoms with van der Waals surface area (Å²) in [7, 11) is 0. The summed E-state index contributed by atoms with van der Waals surface area (Å²) < 4.78 is 36.7. The molecule has 0 saturated heterocycles. The van der Waals surface area contributed by atoms with Crippen LogP contribution in [0.4, 0.5) is 8.78 Å². The van der Waals surface area contributed by atoms with Crippen LogP contribution in [0.25, 0.3) is 0 Å². The third-order valence-corrected chi connectivity index (χ3v) is 7.36. The predicted molar refractivity (Wildman–Crippen MR) is 127 cm³/mol. The molecule has 1 saturated carbocycles. The van der Waals surface area contributed by atoms with Crippen molar-refractivity contribution in [1.82, 2.24) is 9.58 Å². The van der Waals surface area contributed by atoms with E-state index in [0.29, 0.717) is 18.4 Å². The summed E-state index contributed by atoms with van der Waals surface area (Å²) in [5.74, 6) is -3.49. The number of carbonyl (C=O) groups excluding carboxylic acids is 1. The van der Waals surface area contributed by atoms with Gasteiger partial charge in [-0.05, 0) is 43.0 Å². The van der Waals surface area contributed by atoms with E-state index in [1.807, 2.05) is 36.4 Å². The van der Waals surface area contributed by atoms with Gasteiger partial charge >= 0.3 is 0 Å². The molecular weight excluding hydrogens is 468 g/mol. The molecule has 0 radical (unpaired) electrons. The Morgan fingerprint density at radius 3 is 2.53 bits per heavy atom. The summed E-state index contributed by atoms with van der Waals surface area (Å²) in [6.07, 6.45) is 7.26. The molecule has 1 aromatic heterocycles. The van der Waals surface area contributed by atoms with E-state index in [1.165, 1.54) is 23.0 Å². The first-order valence-electron chi connectivity index (χ1n) is 11.8. The maximum absolute atomic E-state index is 15.2. The van der Waals surface area contributed by atoms with Crippen molar-refractivity contribution in [3.8, 4) is 11.5 Å². The van der Waals surface area contributed by atoms with Gasteiger partial charge in [0.25, 0.3) is 5.91 Å². The Labute approximate surface area is 205 Å². The van der Waals surface area contributed by atoms with E-state index in [-0.39, 0.29) is 24.7 Å². The van der Waals surface area contributed by atoms with E-state index < -0.39 is 40.3 Å². The van der Waals surface area contributed by atoms with Crippen molar-refractivity contribution >= 4 is 5.91 Å². The second-order valence-electron chi connectivity index (χ2n) is 9.30. The highest BCUT2D eigenvalue weighted by Crippen LogP contribution is 2.44. The van der Waals surface area contributed by atoms with Gasteiger partial charge in [-0.1, -0.05) is 36.4 Å². The minimum absolute atomic E-state index is 0.0191. The third kappa shape index (κ3) is 3.22. The normalized spacial score (nSPS) is 21.1. The maximum Gasteiger partial charge on any atom is 0.278 e. The van der Waals surface area contributed by atoms with E-state index in [0.717, 1.165) is 18.1 Å². The third-order valence-electron chi connectivity index (χ3n) is 7.36. The lowest BCUT2D eigenvalue weighted by molar-refractivity contribution is 0.0255. The zero-order valence-corrected chi connectivity index (χ0v) is 19.2. The van der Waals surface area contributed by atoms with Crippen LogP contribution in [0.5, 0.6) is 11.5 Å². The molecule has 2 bridgehead atoms. The summed E-state index contributed by atoms with van der Waals surface area (Å²) >= 11 is 0. The fourth-order valence-electron chi connectivity index (χ4n) is 5.41. The molecule has 1 fully saturated rings. The van der Waals surface area contributed by atoms with Crippen molar-refractivity contribution < 1.29 is 23.4 Å². The lowest BCUT2D eigenvalue weighted by Gasteiger charge is -2.53. The zero-order valence-electron chi connectivity index (χ0n) is 19.2. The van der Waals surface area contributed by atoms with Crippen molar-refractivity contribution in [3.05, 3.63) is 106 Å². The Morgan fingerprint density at radius 1 is 1.03 bits per heavy atom. The average Bonchev–Trinajstić information content (AvgIpc) is 2.88. The van der Waals surface area contributed by atoms with Crippen LogP contribution >= 0.6 is 0 Å². The monoisotopic (exact) mass is 491 g/mol. The number of nitrogens with zero attached hydrogens (tertiary/aromatic N) is 3. The van der Waals surface area contributed by atoms with E-state index in [2.05, 4.69) is 0 Å². The number of halogens is 2. The molecule has 0 unspecified atom stereocenters. The van der Waals surface area contributed by atoms with E-state index >= 15 is 4.39 Å². The highest BCUT2D eigenvalue weighted by molar-refractivity contribution is 5.97. The van der Waals surface area contributed by atoms with E-state index in [9.17, 15) is 19.1 Å². The standard InChI is InChI=1S/C27H23F2N3O4/c28-19-9-8-18-22(17-6-2-1-3-7-17)32-16-30(26(35)23-24(34)20(33)10-14-31(23)32)27(11-4-12-27)13-5-15-36-25(18)21(19)29/h1-3,5-10,13-14,22,34H,4,11-12,15-16H2/b13-5+/t22-/m1/s1. The van der Waals surface area contributed by atoms with Gasteiger partial charge in [-0.2, -0.15) is 4.39 Å². The van der Waals surface area contributed by atoms with Gasteiger partial charge in [-0.15, -0.1) is 0 Å². The number of aromatic hydroxyl groups is 1. The van der Waals surface area contributed by atoms with Crippen LogP contribution in [0.3, 0.4) is 0 Å². The molecule has 6 rings (SSSR count). The molecule has 1 spiro atoms. The Balaban J connectivity index is 1.67. The van der Waals surface area contributed by atoms with Crippen LogP contribution in [0, 0.1) is 11.6 Å². The highest BCUT2D eigenvalue weighted by atomic mass is 19.2. The quantitative estimate of drug-likeness (QED) is 0.524. The molecule has 7 nitrogen and oxygen atoms in total. The SMILES string of the molecule is O=C1c2c(O)c(=O)ccn2N2CN1C1(/C=C/COc3c(ccc(F)c3F)[C@H]2c2ccccc2)CCC1. The first-order chi connectivity index (χ1) is 17.4. The number of aromatic nitrogens is 1. The molecule has 1 atom stereocenters. The lowest BCUT2D eigenvalue weighted by Crippen LogP contribution is -2.64. The van der Waals surface area contributed by atoms with Gasteiger partial charge in [0.2, 0.25) is 11.2 Å². The van der Waals surface area contributed by atoms with Crippen molar-refractivity contribution in [1.29, 1.82) is 0 Å². The fourth-order valence-corrected chi connectivity index (χ4v) is 5.41. The van der Waals surface area contributed by atoms with Gasteiger partial charge in [-0.25, -0.2) is 4.39 Å². The Bertz CT molecular complexity index is 1450. The van der Waals surface area contributed by atoms with Gasteiger partial charge in [0, 0.05) is 17.8 Å². The summed E-state index contributed by atoms with van der Waals surface area (Å²) in [4.78, 5) is 27.8. The van der Waals surface area contributed by atoms with Crippen LogP contribution in [0.1, 0.15) is 46.9 Å². The number of pyridine rings is 1. The van der Waals surface area contributed by atoms with E-state index in [4.69, 9.17) is 4.74 Å². The zero-order chi connectivity index (χ0) is 25.0. The summed E-state index contributed by atoms with van der Waals surface area (Å²) in [5.41, 5.74) is -0.423. The molecule has 1 amide bonds. The number of amides is 1. The summed E-state index contributed by atoms with van der Waals surface area (Å²) in [6, 6.07) is 12.1. The smallest absolute Gasteiger partial charge is 0.278 e. The van der Waals surface area contributed by atoms with Gasteiger partial charge in [0.05, 0.1) is 5.54 Å². The number of carbonyl (C=O) groups is 1. The number of hydrogen-bond donors (Lipinski definition) is 1. The lowest BCUT2D eigenvalue weighted by atomic mass is 9.74. The number of rotatable bonds is 1. The Kier molecular flexibility index (Phi) is 5.10. The molecule has 1 N–H and O–H groups in total. The summed E-state index contributed by atoms with van der Waals surface area (Å²) in [5, 5.41) is 12.5. The van der Waals surface area contributed by atoms with Crippen molar-refractivity contribution in [3.63, 3.8) is 0 Å². The number of hydrogen-bond acceptors (Lipinski definition) is 5. The van der Waals surface area contributed by atoms with Gasteiger partial charge in [0.1, 0.15) is 19.3 Å². The Hall–Kier alpha value is -4.14. The molecule has 1 aliphatic carbocycles. The molecular formula is C27H23F2N3O4. The second kappa shape index (κ2) is 8.22. The number of benzene rings is 2. The average molecular weight is 491 g/mol. The molecule has 2 aromatic carbocycles. The van der Waals surface area contributed by atoms with Crippen molar-refractivity contribution in [2.45, 2.75) is 30.8 Å². The van der Waals surface area contributed by atoms with Crippen LogP contribution in [0.2, 0.25) is 0 Å². The van der Waals surface area contributed by atoms with E-state index in [1.54, 1.807) is 16.0 Å².